The third kappa shape index (κ3) is 3.89. The van der Waals surface area contributed by atoms with Gasteiger partial charge in [-0.3, -0.25) is 0 Å². The number of hydrogen-bond acceptors (Lipinski definition) is 5. The third-order valence-electron chi connectivity index (χ3n) is 2.15. The molecule has 5 nitrogen and oxygen atoms in total. The lowest BCUT2D eigenvalue weighted by molar-refractivity contribution is -0.0523. The zero-order valence-electron chi connectivity index (χ0n) is 8.74. The van der Waals surface area contributed by atoms with Crippen LogP contribution in [0.1, 0.15) is 6.42 Å². The van der Waals surface area contributed by atoms with Gasteiger partial charge in [-0.1, -0.05) is 0 Å². The Morgan fingerprint density at radius 3 is 2.53 bits per heavy atom. The summed E-state index contributed by atoms with van der Waals surface area (Å²) in [7, 11) is -5.56. The molecule has 0 radical (unpaired) electrons. The third-order valence-corrected chi connectivity index (χ3v) is 3.15. The van der Waals surface area contributed by atoms with Crippen LogP contribution in [-0.2, 0) is 19.0 Å². The van der Waals surface area contributed by atoms with Crippen molar-refractivity contribution in [2.24, 2.45) is 5.73 Å². The summed E-state index contributed by atoms with van der Waals surface area (Å²) in [6.45, 7) is -0.198. The number of rotatable bonds is 4. The SMILES string of the molecule is NCOB1CC=C(OS(=O)(=O)C(F)(F)F)CC1. The number of allylic oxidation sites excluding steroid dienone is 2. The van der Waals surface area contributed by atoms with Crippen molar-refractivity contribution in [2.75, 3.05) is 6.73 Å². The minimum Gasteiger partial charge on any atom is -0.424 e. The molecular weight excluding hydrogens is 262 g/mol. The molecule has 10 heteroatoms. The Balaban J connectivity index is 2.61. The van der Waals surface area contributed by atoms with Crippen molar-refractivity contribution in [1.82, 2.24) is 0 Å². The van der Waals surface area contributed by atoms with Crippen molar-refractivity contribution in [1.29, 1.82) is 0 Å². The summed E-state index contributed by atoms with van der Waals surface area (Å²) in [5, 5.41) is 0. The Bertz CT molecular complexity index is 394. The van der Waals surface area contributed by atoms with Crippen LogP contribution in [0.25, 0.3) is 0 Å². The topological polar surface area (TPSA) is 78.6 Å². The number of nitrogens with two attached hydrogens (primary N) is 1. The predicted octanol–water partition coefficient (Wildman–Crippen LogP) is 1.06. The van der Waals surface area contributed by atoms with Crippen LogP contribution in [0.5, 0.6) is 0 Å². The Kier molecular flexibility index (Phi) is 4.45. The van der Waals surface area contributed by atoms with Crippen LogP contribution in [-0.4, -0.2) is 27.6 Å². The van der Waals surface area contributed by atoms with Crippen LogP contribution in [0.2, 0.25) is 12.6 Å². The number of alkyl halides is 3. The van der Waals surface area contributed by atoms with Gasteiger partial charge in [-0.2, -0.15) is 21.6 Å². The fourth-order valence-electron chi connectivity index (χ4n) is 1.34. The average molecular weight is 273 g/mol. The van der Waals surface area contributed by atoms with Gasteiger partial charge in [0.1, 0.15) is 5.76 Å². The Morgan fingerprint density at radius 1 is 1.47 bits per heavy atom. The van der Waals surface area contributed by atoms with Crippen LogP contribution in [0.3, 0.4) is 0 Å². The minimum atomic E-state index is -5.56. The molecule has 0 unspecified atom stereocenters. The molecule has 0 aromatic rings. The van der Waals surface area contributed by atoms with Gasteiger partial charge in [0.2, 0.25) is 0 Å². The minimum absolute atomic E-state index is 0.00947. The maximum atomic E-state index is 12.0. The van der Waals surface area contributed by atoms with E-state index in [9.17, 15) is 21.6 Å². The molecule has 0 aromatic carbocycles. The highest BCUT2D eigenvalue weighted by Crippen LogP contribution is 2.30. The van der Waals surface area contributed by atoms with Crippen molar-refractivity contribution in [2.45, 2.75) is 24.6 Å². The average Bonchev–Trinajstić information content (AvgIpc) is 2.19. The van der Waals surface area contributed by atoms with Crippen LogP contribution in [0.4, 0.5) is 13.2 Å². The fourth-order valence-corrected chi connectivity index (χ4v) is 1.87. The summed E-state index contributed by atoms with van der Waals surface area (Å²) in [6, 6.07) is 0. The molecule has 1 rings (SSSR count). The van der Waals surface area contributed by atoms with E-state index >= 15 is 0 Å². The number of hydrogen-bond donors (Lipinski definition) is 1. The van der Waals surface area contributed by atoms with E-state index in [1.165, 1.54) is 6.08 Å². The van der Waals surface area contributed by atoms with E-state index in [-0.39, 0.29) is 32.1 Å². The first-order chi connectivity index (χ1) is 7.76. The molecule has 0 saturated carbocycles. The van der Waals surface area contributed by atoms with Gasteiger partial charge >= 0.3 is 15.6 Å². The van der Waals surface area contributed by atoms with Crippen LogP contribution < -0.4 is 5.73 Å². The molecule has 0 spiro atoms. The highest BCUT2D eigenvalue weighted by molar-refractivity contribution is 7.87. The van der Waals surface area contributed by atoms with Crippen molar-refractivity contribution in [3.05, 3.63) is 11.8 Å². The van der Waals surface area contributed by atoms with E-state index in [0.717, 1.165) is 0 Å². The number of halogens is 3. The molecule has 0 bridgehead atoms. The van der Waals surface area contributed by atoms with Gasteiger partial charge in [0.05, 0.1) is 6.73 Å². The molecule has 0 amide bonds. The van der Waals surface area contributed by atoms with Crippen molar-refractivity contribution in [3.63, 3.8) is 0 Å². The first-order valence-electron chi connectivity index (χ1n) is 4.77. The van der Waals surface area contributed by atoms with Gasteiger partial charge in [0, 0.05) is 6.42 Å². The summed E-state index contributed by atoms with van der Waals surface area (Å²) in [6.07, 6.45) is 1.99. The quantitative estimate of drug-likeness (QED) is 0.358. The van der Waals surface area contributed by atoms with Crippen molar-refractivity contribution < 1.29 is 30.4 Å². The van der Waals surface area contributed by atoms with Gasteiger partial charge in [-0.15, -0.1) is 0 Å². The molecule has 2 N–H and O–H groups in total. The predicted molar refractivity (Wildman–Crippen MR) is 54.3 cm³/mol. The normalized spacial score (nSPS) is 17.9. The first-order valence-corrected chi connectivity index (χ1v) is 6.18. The second-order valence-electron chi connectivity index (χ2n) is 3.38. The van der Waals surface area contributed by atoms with Gasteiger partial charge < -0.3 is 14.6 Å². The summed E-state index contributed by atoms with van der Waals surface area (Å²) in [5.41, 5.74) is -0.270. The van der Waals surface area contributed by atoms with Gasteiger partial charge in [0.25, 0.3) is 6.92 Å². The Morgan fingerprint density at radius 2 is 2.12 bits per heavy atom. The molecule has 98 valence electrons. The van der Waals surface area contributed by atoms with Crippen molar-refractivity contribution in [3.8, 4) is 0 Å². The monoisotopic (exact) mass is 273 g/mol. The smallest absolute Gasteiger partial charge is 0.424 e. The van der Waals surface area contributed by atoms with Gasteiger partial charge in [0.15, 0.2) is 0 Å². The second-order valence-corrected chi connectivity index (χ2v) is 4.92. The van der Waals surface area contributed by atoms with Crippen LogP contribution in [0, 0.1) is 0 Å². The highest BCUT2D eigenvalue weighted by atomic mass is 32.2. The zero-order chi connectivity index (χ0) is 13.1. The molecule has 1 aliphatic heterocycles. The zero-order valence-corrected chi connectivity index (χ0v) is 9.55. The standard InChI is InChI=1S/C7H11BF3NO4S/c9-7(10,11)17(13,14)16-6-1-3-8(4-2-6)15-5-12/h1H,2-5,12H2. The maximum absolute atomic E-state index is 12.0. The summed E-state index contributed by atoms with van der Waals surface area (Å²) in [5.74, 6) is -0.209. The van der Waals surface area contributed by atoms with Crippen molar-refractivity contribution >= 4 is 17.0 Å². The first kappa shape index (κ1) is 14.3. The van der Waals surface area contributed by atoms with E-state index < -0.39 is 15.6 Å². The molecule has 0 atom stereocenters. The molecule has 0 fully saturated rings. The van der Waals surface area contributed by atoms with Crippen LogP contribution >= 0.6 is 0 Å². The lowest BCUT2D eigenvalue weighted by Crippen LogP contribution is -2.28. The summed E-state index contributed by atoms with van der Waals surface area (Å²) < 4.78 is 66.4. The van der Waals surface area contributed by atoms with Gasteiger partial charge in [-0.25, -0.2) is 0 Å². The Labute approximate surface area is 97.0 Å². The summed E-state index contributed by atoms with van der Waals surface area (Å²) >= 11 is 0. The second kappa shape index (κ2) is 5.28. The van der Waals surface area contributed by atoms with E-state index in [2.05, 4.69) is 4.18 Å². The molecular formula is C7H11BF3NO4S. The van der Waals surface area contributed by atoms with E-state index in [4.69, 9.17) is 10.4 Å². The lowest BCUT2D eigenvalue weighted by atomic mass is 9.58. The molecule has 0 aromatic heterocycles. The molecule has 1 aliphatic rings. The largest absolute Gasteiger partial charge is 0.534 e. The maximum Gasteiger partial charge on any atom is 0.534 e. The fraction of sp³-hybridized carbons (Fsp3) is 0.714. The molecule has 1 heterocycles. The lowest BCUT2D eigenvalue weighted by Gasteiger charge is -2.19. The Hall–Kier alpha value is -0.735. The van der Waals surface area contributed by atoms with E-state index in [1.54, 1.807) is 0 Å². The molecule has 0 aliphatic carbocycles. The highest BCUT2D eigenvalue weighted by Gasteiger charge is 2.49. The van der Waals surface area contributed by atoms with Crippen LogP contribution in [0.15, 0.2) is 11.8 Å². The van der Waals surface area contributed by atoms with E-state index in [0.29, 0.717) is 6.32 Å². The summed E-state index contributed by atoms with van der Waals surface area (Å²) in [4.78, 5) is 0. The van der Waals surface area contributed by atoms with E-state index in [1.807, 2.05) is 0 Å². The van der Waals surface area contributed by atoms with Gasteiger partial charge in [-0.05, 0) is 18.7 Å². The molecule has 17 heavy (non-hydrogen) atoms. The molecule has 0 saturated heterocycles.